The minimum absolute atomic E-state index is 0.0373. The lowest BCUT2D eigenvalue weighted by atomic mass is 10.1. The summed E-state index contributed by atoms with van der Waals surface area (Å²) in [5.74, 6) is -0.876. The Labute approximate surface area is 228 Å². The highest BCUT2D eigenvalue weighted by Gasteiger charge is 2.16. The summed E-state index contributed by atoms with van der Waals surface area (Å²) in [4.78, 5) is 24.1. The molecule has 200 valence electrons. The number of benzene rings is 3. The van der Waals surface area contributed by atoms with Crippen molar-refractivity contribution in [3.8, 4) is 0 Å². The Morgan fingerprint density at radius 1 is 0.921 bits per heavy atom. The number of carbonyl (C=O) groups excluding carboxylic acids is 2. The fraction of sp³-hybridized carbons (Fsp3) is 0.250. The van der Waals surface area contributed by atoms with Crippen molar-refractivity contribution in [2.24, 2.45) is 0 Å². The van der Waals surface area contributed by atoms with Crippen LogP contribution >= 0.6 is 12.2 Å². The van der Waals surface area contributed by atoms with Crippen LogP contribution in [0.5, 0.6) is 0 Å². The molecule has 0 unspecified atom stereocenters. The maximum absolute atomic E-state index is 12.7. The monoisotopic (exact) mass is 553 g/mol. The van der Waals surface area contributed by atoms with Crippen molar-refractivity contribution in [1.82, 2.24) is 5.32 Å². The first kappa shape index (κ1) is 28.8. The molecule has 0 radical (unpaired) electrons. The number of esters is 1. The molecule has 0 saturated heterocycles. The molecule has 10 heteroatoms. The van der Waals surface area contributed by atoms with Gasteiger partial charge in [-0.2, -0.15) is 0 Å². The third kappa shape index (κ3) is 9.28. The molecule has 0 aromatic heterocycles. The van der Waals surface area contributed by atoms with Gasteiger partial charge in [-0.3, -0.25) is 14.3 Å². The number of amides is 1. The zero-order valence-corrected chi connectivity index (χ0v) is 23.0. The van der Waals surface area contributed by atoms with Gasteiger partial charge in [-0.25, -0.2) is 8.42 Å². The number of carbonyl (C=O) groups is 2. The quantitative estimate of drug-likeness (QED) is 0.176. The lowest BCUT2D eigenvalue weighted by Gasteiger charge is -2.13. The number of hydrogen-bond donors (Lipinski definition) is 3. The van der Waals surface area contributed by atoms with E-state index in [0.717, 1.165) is 17.5 Å². The molecule has 0 aliphatic rings. The first-order valence-electron chi connectivity index (χ1n) is 12.1. The van der Waals surface area contributed by atoms with E-state index in [1.54, 1.807) is 18.2 Å². The topological polar surface area (TPSA) is 114 Å². The summed E-state index contributed by atoms with van der Waals surface area (Å²) in [6, 6.07) is 21.3. The number of ether oxygens (including phenoxy) is 1. The first-order chi connectivity index (χ1) is 18.1. The summed E-state index contributed by atoms with van der Waals surface area (Å²) >= 11 is 5.15. The second-order valence-electron chi connectivity index (χ2n) is 8.76. The van der Waals surface area contributed by atoms with Crippen LogP contribution < -0.4 is 15.4 Å². The van der Waals surface area contributed by atoms with Gasteiger partial charge in [0, 0.05) is 12.1 Å². The number of sulfonamides is 1. The number of thiocarbonyl (C=S) groups is 1. The Bertz CT molecular complexity index is 1380. The molecule has 3 aromatic rings. The van der Waals surface area contributed by atoms with Crippen molar-refractivity contribution in [2.45, 2.75) is 44.4 Å². The lowest BCUT2D eigenvalue weighted by Crippen LogP contribution is -2.34. The van der Waals surface area contributed by atoms with E-state index in [4.69, 9.17) is 17.0 Å². The molecule has 0 atom stereocenters. The van der Waals surface area contributed by atoms with Crippen LogP contribution in [0.1, 0.15) is 36.0 Å². The molecule has 3 rings (SSSR count). The van der Waals surface area contributed by atoms with Crippen molar-refractivity contribution in [3.05, 3.63) is 89.5 Å². The van der Waals surface area contributed by atoms with Crippen LogP contribution in [-0.2, 0) is 30.8 Å². The van der Waals surface area contributed by atoms with Gasteiger partial charge in [-0.05, 0) is 80.4 Å². The SMILES string of the molecule is Cc1ccc(NS(=O)(=O)c2ccc(NC(=S)NC(=O)CCC(=O)OCCCc3ccccc3)cc2)c(C)c1. The number of hydrogen-bond acceptors (Lipinski definition) is 6. The average molecular weight is 554 g/mol. The van der Waals surface area contributed by atoms with Crippen molar-refractivity contribution < 1.29 is 22.7 Å². The third-order valence-electron chi connectivity index (χ3n) is 5.57. The van der Waals surface area contributed by atoms with Crippen LogP contribution in [-0.4, -0.2) is 32.0 Å². The van der Waals surface area contributed by atoms with E-state index in [0.29, 0.717) is 24.4 Å². The Balaban J connectivity index is 1.39. The number of rotatable bonds is 11. The molecule has 0 aliphatic carbocycles. The minimum atomic E-state index is -3.78. The van der Waals surface area contributed by atoms with E-state index in [-0.39, 0.29) is 22.8 Å². The van der Waals surface area contributed by atoms with Crippen LogP contribution in [0.15, 0.2) is 77.7 Å². The molecule has 0 spiro atoms. The van der Waals surface area contributed by atoms with Crippen LogP contribution in [0, 0.1) is 13.8 Å². The average Bonchev–Trinajstić information content (AvgIpc) is 2.88. The molecule has 0 fully saturated rings. The van der Waals surface area contributed by atoms with Crippen LogP contribution in [0.4, 0.5) is 11.4 Å². The number of nitrogens with one attached hydrogen (secondary N) is 3. The molecule has 3 aromatic carbocycles. The van der Waals surface area contributed by atoms with Gasteiger partial charge in [0.05, 0.1) is 23.6 Å². The zero-order chi connectivity index (χ0) is 27.5. The molecular weight excluding hydrogens is 522 g/mol. The van der Waals surface area contributed by atoms with Gasteiger partial charge in [-0.1, -0.05) is 48.0 Å². The maximum atomic E-state index is 12.7. The number of aryl methyl sites for hydroxylation is 3. The molecular formula is C28H31N3O5S2. The molecule has 38 heavy (non-hydrogen) atoms. The fourth-order valence-corrected chi connectivity index (χ4v) is 4.96. The molecule has 3 N–H and O–H groups in total. The molecule has 8 nitrogen and oxygen atoms in total. The van der Waals surface area contributed by atoms with Crippen LogP contribution in [0.25, 0.3) is 0 Å². The van der Waals surface area contributed by atoms with E-state index >= 15 is 0 Å². The largest absolute Gasteiger partial charge is 0.466 e. The second-order valence-corrected chi connectivity index (χ2v) is 10.9. The van der Waals surface area contributed by atoms with E-state index in [9.17, 15) is 18.0 Å². The molecule has 1 amide bonds. The van der Waals surface area contributed by atoms with E-state index in [1.807, 2.05) is 56.3 Å². The standard InChI is InChI=1S/C28H31N3O5S2/c1-20-10-15-25(21(2)19-20)31-38(34,35)24-13-11-23(12-14-24)29-28(37)30-26(32)16-17-27(33)36-18-6-9-22-7-4-3-5-8-22/h3-5,7-8,10-15,19,31H,6,9,16-18H2,1-2H3,(H2,29,30,32,37). The smallest absolute Gasteiger partial charge is 0.306 e. The predicted octanol–water partition coefficient (Wildman–Crippen LogP) is 4.87. The highest BCUT2D eigenvalue weighted by atomic mass is 32.2. The van der Waals surface area contributed by atoms with Crippen molar-refractivity contribution in [1.29, 1.82) is 0 Å². The van der Waals surface area contributed by atoms with Gasteiger partial charge in [0.2, 0.25) is 5.91 Å². The normalized spacial score (nSPS) is 10.9. The predicted molar refractivity (Wildman–Crippen MR) is 152 cm³/mol. The molecule has 0 bridgehead atoms. The molecule has 0 saturated carbocycles. The van der Waals surface area contributed by atoms with Crippen LogP contribution in [0.2, 0.25) is 0 Å². The summed E-state index contributed by atoms with van der Waals surface area (Å²) in [6.07, 6.45) is 1.39. The Morgan fingerprint density at radius 2 is 1.63 bits per heavy atom. The van der Waals surface area contributed by atoms with Gasteiger partial charge in [0.25, 0.3) is 10.0 Å². The van der Waals surface area contributed by atoms with E-state index in [2.05, 4.69) is 15.4 Å². The fourth-order valence-electron chi connectivity index (χ4n) is 3.60. The Morgan fingerprint density at radius 3 is 2.32 bits per heavy atom. The van der Waals surface area contributed by atoms with Gasteiger partial charge in [-0.15, -0.1) is 0 Å². The van der Waals surface area contributed by atoms with Crippen LogP contribution in [0.3, 0.4) is 0 Å². The lowest BCUT2D eigenvalue weighted by molar-refractivity contribution is -0.145. The number of anilines is 2. The molecule has 0 heterocycles. The second kappa shape index (κ2) is 13.7. The van der Waals surface area contributed by atoms with Crippen molar-refractivity contribution in [2.75, 3.05) is 16.6 Å². The van der Waals surface area contributed by atoms with Crippen molar-refractivity contribution in [3.63, 3.8) is 0 Å². The van der Waals surface area contributed by atoms with Gasteiger partial charge >= 0.3 is 5.97 Å². The zero-order valence-electron chi connectivity index (χ0n) is 21.3. The summed E-state index contributed by atoms with van der Waals surface area (Å²) in [5, 5.41) is 5.37. The van der Waals surface area contributed by atoms with Gasteiger partial charge in [0.15, 0.2) is 5.11 Å². The van der Waals surface area contributed by atoms with E-state index in [1.165, 1.54) is 17.7 Å². The first-order valence-corrected chi connectivity index (χ1v) is 14.0. The molecule has 0 aliphatic heterocycles. The van der Waals surface area contributed by atoms with E-state index < -0.39 is 21.9 Å². The summed E-state index contributed by atoms with van der Waals surface area (Å²) in [7, 11) is -3.78. The van der Waals surface area contributed by atoms with Gasteiger partial charge < -0.3 is 15.4 Å². The third-order valence-corrected chi connectivity index (χ3v) is 7.16. The summed E-state index contributed by atoms with van der Waals surface area (Å²) in [5.41, 5.74) is 4.05. The summed E-state index contributed by atoms with van der Waals surface area (Å²) < 4.78 is 33.3. The van der Waals surface area contributed by atoms with Crippen molar-refractivity contribution >= 4 is 50.6 Å². The van der Waals surface area contributed by atoms with Gasteiger partial charge in [0.1, 0.15) is 0 Å². The maximum Gasteiger partial charge on any atom is 0.306 e. The Hall–Kier alpha value is -3.76. The highest BCUT2D eigenvalue weighted by Crippen LogP contribution is 2.22. The Kier molecular flexibility index (Phi) is 10.4. The summed E-state index contributed by atoms with van der Waals surface area (Å²) in [6.45, 7) is 4.07. The minimum Gasteiger partial charge on any atom is -0.466 e. The highest BCUT2D eigenvalue weighted by molar-refractivity contribution is 7.92.